The Bertz CT molecular complexity index is 521. The summed E-state index contributed by atoms with van der Waals surface area (Å²) in [5, 5.41) is 0. The topological polar surface area (TPSA) is 85.8 Å². The number of hydrogen-bond donors (Lipinski definition) is 1. The molecule has 0 atom stereocenters. The summed E-state index contributed by atoms with van der Waals surface area (Å²) in [7, 11) is 1.60. The highest BCUT2D eigenvalue weighted by Crippen LogP contribution is 2.35. The largest absolute Gasteiger partial charge is 0.444 e. The molecule has 6 nitrogen and oxygen atoms in total. The highest BCUT2D eigenvalue weighted by molar-refractivity contribution is 9.10. The first-order chi connectivity index (χ1) is 9.98. The number of halogens is 1. The molecule has 1 saturated heterocycles. The number of carbonyl (C=O) groups excluding carboxylic acids is 2. The molecule has 0 bridgehead atoms. The van der Waals surface area contributed by atoms with E-state index in [0.29, 0.717) is 49.4 Å². The number of primary amides is 1. The van der Waals surface area contributed by atoms with Crippen LogP contribution in [0, 0.1) is 5.41 Å². The number of rotatable bonds is 5. The minimum Gasteiger partial charge on any atom is -0.444 e. The molecule has 21 heavy (non-hydrogen) atoms. The van der Waals surface area contributed by atoms with E-state index in [1.54, 1.807) is 24.1 Å². The second kappa shape index (κ2) is 6.62. The van der Waals surface area contributed by atoms with Crippen LogP contribution in [0.4, 0.5) is 0 Å². The Labute approximate surface area is 131 Å². The molecule has 0 spiro atoms. The van der Waals surface area contributed by atoms with E-state index >= 15 is 0 Å². The van der Waals surface area contributed by atoms with Crippen LogP contribution in [-0.4, -0.2) is 43.5 Å². The number of carbonyl (C=O) groups is 2. The first-order valence-electron chi connectivity index (χ1n) is 6.82. The predicted octanol–water partition coefficient (Wildman–Crippen LogP) is 1.79. The smallest absolute Gasteiger partial charge is 0.289 e. The molecule has 7 heteroatoms. The van der Waals surface area contributed by atoms with Gasteiger partial charge in [-0.15, -0.1) is 0 Å². The van der Waals surface area contributed by atoms with Crippen LogP contribution in [0.3, 0.4) is 0 Å². The minimum atomic E-state index is -0.573. The fraction of sp³-hybridized carbons (Fsp3) is 0.571. The van der Waals surface area contributed by atoms with Crippen molar-refractivity contribution in [3.8, 4) is 0 Å². The zero-order valence-corrected chi connectivity index (χ0v) is 13.5. The van der Waals surface area contributed by atoms with Crippen molar-refractivity contribution in [3.05, 3.63) is 22.6 Å². The first kappa shape index (κ1) is 16.0. The molecule has 2 amide bonds. The lowest BCUT2D eigenvalue weighted by Crippen LogP contribution is -2.49. The Morgan fingerprint density at radius 3 is 2.57 bits per heavy atom. The zero-order valence-electron chi connectivity index (χ0n) is 11.9. The van der Waals surface area contributed by atoms with Crippen LogP contribution >= 0.6 is 15.9 Å². The molecule has 0 radical (unpaired) electrons. The van der Waals surface area contributed by atoms with Gasteiger partial charge in [-0.05, 0) is 47.3 Å². The van der Waals surface area contributed by atoms with Gasteiger partial charge in [-0.1, -0.05) is 0 Å². The first-order valence-corrected chi connectivity index (χ1v) is 7.61. The van der Waals surface area contributed by atoms with Crippen LogP contribution < -0.4 is 5.73 Å². The molecular weight excluding hydrogens is 340 g/mol. The SMILES string of the molecule is COCCC1(C(N)=O)CCN(C(=O)c2ccc(Br)o2)CC1. The van der Waals surface area contributed by atoms with Gasteiger partial charge in [0.1, 0.15) is 0 Å². The van der Waals surface area contributed by atoms with E-state index in [1.165, 1.54) is 0 Å². The van der Waals surface area contributed by atoms with E-state index in [1.807, 2.05) is 0 Å². The van der Waals surface area contributed by atoms with E-state index in [9.17, 15) is 9.59 Å². The van der Waals surface area contributed by atoms with Crippen molar-refractivity contribution in [2.24, 2.45) is 11.1 Å². The molecule has 1 aliphatic heterocycles. The summed E-state index contributed by atoms with van der Waals surface area (Å²) in [5.41, 5.74) is 4.98. The van der Waals surface area contributed by atoms with Gasteiger partial charge in [0, 0.05) is 26.8 Å². The normalized spacial score (nSPS) is 17.7. The third kappa shape index (κ3) is 3.47. The summed E-state index contributed by atoms with van der Waals surface area (Å²) < 4.78 is 10.9. The van der Waals surface area contributed by atoms with Gasteiger partial charge < -0.3 is 19.8 Å². The number of furan rings is 1. The Morgan fingerprint density at radius 2 is 2.10 bits per heavy atom. The highest BCUT2D eigenvalue weighted by Gasteiger charge is 2.40. The second-order valence-corrected chi connectivity index (χ2v) is 6.06. The number of amides is 2. The molecule has 1 aromatic rings. The van der Waals surface area contributed by atoms with Gasteiger partial charge in [0.2, 0.25) is 5.91 Å². The van der Waals surface area contributed by atoms with Gasteiger partial charge >= 0.3 is 0 Å². The molecule has 1 aromatic heterocycles. The third-order valence-corrected chi connectivity index (χ3v) is 4.53. The van der Waals surface area contributed by atoms with E-state index in [4.69, 9.17) is 14.9 Å². The van der Waals surface area contributed by atoms with Crippen molar-refractivity contribution in [2.45, 2.75) is 19.3 Å². The average Bonchev–Trinajstić information content (AvgIpc) is 2.91. The van der Waals surface area contributed by atoms with Crippen molar-refractivity contribution < 1.29 is 18.7 Å². The zero-order chi connectivity index (χ0) is 15.5. The van der Waals surface area contributed by atoms with Crippen molar-refractivity contribution in [3.63, 3.8) is 0 Å². The van der Waals surface area contributed by atoms with Gasteiger partial charge in [0.05, 0.1) is 5.41 Å². The lowest BCUT2D eigenvalue weighted by atomic mass is 9.75. The van der Waals surface area contributed by atoms with Gasteiger partial charge in [-0.3, -0.25) is 9.59 Å². The molecular formula is C14H19BrN2O4. The van der Waals surface area contributed by atoms with Gasteiger partial charge in [-0.2, -0.15) is 0 Å². The summed E-state index contributed by atoms with van der Waals surface area (Å²) in [5.74, 6) is -0.178. The third-order valence-electron chi connectivity index (χ3n) is 4.10. The van der Waals surface area contributed by atoms with Gasteiger partial charge in [0.15, 0.2) is 10.4 Å². The molecule has 0 aliphatic carbocycles. The van der Waals surface area contributed by atoms with E-state index < -0.39 is 5.41 Å². The molecule has 2 N–H and O–H groups in total. The van der Waals surface area contributed by atoms with Crippen LogP contribution in [0.5, 0.6) is 0 Å². The Balaban J connectivity index is 2.01. The standard InChI is InChI=1S/C14H19BrN2O4/c1-20-9-6-14(13(16)19)4-7-17(8-5-14)12(18)10-2-3-11(15)21-10/h2-3H,4-9H2,1H3,(H2,16,19). The number of piperidine rings is 1. The number of nitrogens with two attached hydrogens (primary N) is 1. The van der Waals surface area contributed by atoms with Crippen LogP contribution in [0.1, 0.15) is 29.8 Å². The summed E-state index contributed by atoms with van der Waals surface area (Å²) in [6.45, 7) is 1.47. The summed E-state index contributed by atoms with van der Waals surface area (Å²) in [6, 6.07) is 3.32. The van der Waals surface area contributed by atoms with E-state index in [0.717, 1.165) is 0 Å². The number of ether oxygens (including phenoxy) is 1. The summed E-state index contributed by atoms with van der Waals surface area (Å²) in [6.07, 6.45) is 1.70. The van der Waals surface area contributed by atoms with Crippen molar-refractivity contribution in [1.82, 2.24) is 4.90 Å². The van der Waals surface area contributed by atoms with Crippen LogP contribution in [-0.2, 0) is 9.53 Å². The fourth-order valence-electron chi connectivity index (χ4n) is 2.64. The maximum Gasteiger partial charge on any atom is 0.289 e. The van der Waals surface area contributed by atoms with Crippen molar-refractivity contribution >= 4 is 27.7 Å². The number of hydrogen-bond acceptors (Lipinski definition) is 4. The lowest BCUT2D eigenvalue weighted by Gasteiger charge is -2.39. The number of nitrogens with zero attached hydrogens (tertiary/aromatic N) is 1. The second-order valence-electron chi connectivity index (χ2n) is 5.28. The van der Waals surface area contributed by atoms with Gasteiger partial charge in [0.25, 0.3) is 5.91 Å². The molecule has 0 saturated carbocycles. The molecule has 0 aromatic carbocycles. The minimum absolute atomic E-state index is 0.162. The van der Waals surface area contributed by atoms with Gasteiger partial charge in [-0.25, -0.2) is 0 Å². The van der Waals surface area contributed by atoms with E-state index in [-0.39, 0.29) is 11.8 Å². The number of methoxy groups -OCH3 is 1. The maximum atomic E-state index is 12.3. The van der Waals surface area contributed by atoms with Crippen molar-refractivity contribution in [1.29, 1.82) is 0 Å². The molecule has 1 fully saturated rings. The van der Waals surface area contributed by atoms with Crippen molar-refractivity contribution in [2.75, 3.05) is 26.8 Å². The Morgan fingerprint density at radius 1 is 1.43 bits per heavy atom. The Hall–Kier alpha value is -1.34. The number of likely N-dealkylation sites (tertiary alicyclic amines) is 1. The predicted molar refractivity (Wildman–Crippen MR) is 79.7 cm³/mol. The van der Waals surface area contributed by atoms with Crippen LogP contribution in [0.2, 0.25) is 0 Å². The van der Waals surface area contributed by atoms with E-state index in [2.05, 4.69) is 15.9 Å². The van der Waals surface area contributed by atoms with Crippen LogP contribution in [0.25, 0.3) is 0 Å². The summed E-state index contributed by atoms with van der Waals surface area (Å²) in [4.78, 5) is 25.7. The molecule has 2 rings (SSSR count). The highest BCUT2D eigenvalue weighted by atomic mass is 79.9. The molecule has 1 aliphatic rings. The quantitative estimate of drug-likeness (QED) is 0.869. The molecule has 2 heterocycles. The maximum absolute atomic E-state index is 12.3. The molecule has 116 valence electrons. The monoisotopic (exact) mass is 358 g/mol. The Kier molecular flexibility index (Phi) is 5.05. The van der Waals surface area contributed by atoms with Crippen LogP contribution in [0.15, 0.2) is 21.2 Å². The average molecular weight is 359 g/mol. The summed E-state index contributed by atoms with van der Waals surface area (Å²) >= 11 is 3.18. The lowest BCUT2D eigenvalue weighted by molar-refractivity contribution is -0.131. The fourth-order valence-corrected chi connectivity index (χ4v) is 2.95. The molecule has 0 unspecified atom stereocenters.